The molecule has 0 spiro atoms. The minimum absolute atomic E-state index is 0.0129. The average Bonchev–Trinajstić information content (AvgIpc) is 3.05. The molecule has 22 heavy (non-hydrogen) atoms. The maximum atomic E-state index is 12.3. The number of hydrogen-bond donors (Lipinski definition) is 2. The van der Waals surface area contributed by atoms with E-state index in [0.29, 0.717) is 16.7 Å². The van der Waals surface area contributed by atoms with Gasteiger partial charge in [0.05, 0.1) is 23.0 Å². The van der Waals surface area contributed by atoms with Crippen LogP contribution in [-0.4, -0.2) is 21.5 Å². The van der Waals surface area contributed by atoms with Gasteiger partial charge in [0.2, 0.25) is 0 Å². The first-order valence-electron chi connectivity index (χ1n) is 6.33. The molecule has 3 heterocycles. The summed E-state index contributed by atoms with van der Waals surface area (Å²) in [6, 6.07) is 6.17. The number of fused-ring (bicyclic) bond motifs is 2. The highest BCUT2D eigenvalue weighted by Gasteiger charge is 2.32. The average molecular weight is 296 g/mol. The summed E-state index contributed by atoms with van der Waals surface area (Å²) >= 11 is 0. The predicted octanol–water partition coefficient (Wildman–Crippen LogP) is 0.445. The van der Waals surface area contributed by atoms with Crippen molar-refractivity contribution in [3.8, 4) is 5.69 Å². The van der Waals surface area contributed by atoms with E-state index in [1.165, 1.54) is 6.20 Å². The van der Waals surface area contributed by atoms with Crippen molar-refractivity contribution in [1.82, 2.24) is 15.0 Å². The highest BCUT2D eigenvalue weighted by molar-refractivity contribution is 6.23. The van der Waals surface area contributed by atoms with Crippen molar-refractivity contribution in [2.75, 3.05) is 5.73 Å². The molecule has 3 aromatic rings. The summed E-state index contributed by atoms with van der Waals surface area (Å²) in [7, 11) is 0. The maximum Gasteiger partial charge on any atom is 0.262 e. The van der Waals surface area contributed by atoms with Crippen LogP contribution in [0, 0.1) is 0 Å². The van der Waals surface area contributed by atoms with Crippen molar-refractivity contribution < 1.29 is 14.1 Å². The first-order valence-corrected chi connectivity index (χ1v) is 6.33. The van der Waals surface area contributed by atoms with E-state index in [1.54, 1.807) is 18.2 Å². The second kappa shape index (κ2) is 4.04. The molecule has 4 rings (SSSR count). The van der Waals surface area contributed by atoms with Gasteiger partial charge in [0, 0.05) is 11.5 Å². The van der Waals surface area contributed by atoms with Gasteiger partial charge in [-0.3, -0.25) is 24.3 Å². The van der Waals surface area contributed by atoms with Crippen LogP contribution in [0.4, 0.5) is 5.82 Å². The maximum absolute atomic E-state index is 12.3. The number of carbonyl (C=O) groups excluding carboxylic acids is 2. The molecule has 1 aliphatic rings. The summed E-state index contributed by atoms with van der Waals surface area (Å²) in [6.45, 7) is 0. The second-order valence-electron chi connectivity index (χ2n) is 4.80. The number of nitrogens with two attached hydrogens (primary N) is 1. The van der Waals surface area contributed by atoms with Gasteiger partial charge in [-0.15, -0.1) is 0 Å². The van der Waals surface area contributed by atoms with Gasteiger partial charge >= 0.3 is 0 Å². The van der Waals surface area contributed by atoms with Gasteiger partial charge in [0.25, 0.3) is 17.4 Å². The summed E-state index contributed by atoms with van der Waals surface area (Å²) in [5, 5.41) is 6.48. The summed E-state index contributed by atoms with van der Waals surface area (Å²) in [5.41, 5.74) is 6.11. The van der Waals surface area contributed by atoms with Crippen molar-refractivity contribution in [3.63, 3.8) is 0 Å². The van der Waals surface area contributed by atoms with Gasteiger partial charge in [0.1, 0.15) is 5.82 Å². The number of pyridine rings is 1. The molecule has 0 atom stereocenters. The zero-order valence-electron chi connectivity index (χ0n) is 11.0. The van der Waals surface area contributed by atoms with Crippen LogP contribution in [0.5, 0.6) is 0 Å². The monoisotopic (exact) mass is 296 g/mol. The van der Waals surface area contributed by atoms with Crippen LogP contribution in [0.2, 0.25) is 0 Å². The van der Waals surface area contributed by atoms with E-state index in [4.69, 9.17) is 10.3 Å². The molecule has 0 unspecified atom stereocenters. The lowest BCUT2D eigenvalue weighted by Crippen LogP contribution is -2.24. The summed E-state index contributed by atoms with van der Waals surface area (Å²) < 4.78 is 6.28. The molecule has 1 aromatic carbocycles. The molecule has 0 bridgehead atoms. The first-order chi connectivity index (χ1) is 10.6. The molecule has 0 saturated carbocycles. The minimum Gasteiger partial charge on any atom is -0.384 e. The number of nitrogens with one attached hydrogen (secondary N) is 1. The van der Waals surface area contributed by atoms with Gasteiger partial charge in [-0.1, -0.05) is 11.2 Å². The molecule has 2 amide bonds. The van der Waals surface area contributed by atoms with Gasteiger partial charge in [-0.2, -0.15) is 0 Å². The SMILES string of the molecule is Nc1c2c(cc(=O)n1-c1cccc3cnoc13)C(=O)NC2=O. The molecular formula is C14H8N4O4. The summed E-state index contributed by atoms with van der Waals surface area (Å²) in [5.74, 6) is -1.38. The molecule has 0 radical (unpaired) electrons. The number of anilines is 1. The molecule has 2 aromatic heterocycles. The Bertz CT molecular complexity index is 1030. The highest BCUT2D eigenvalue weighted by atomic mass is 16.5. The van der Waals surface area contributed by atoms with Crippen molar-refractivity contribution in [2.24, 2.45) is 0 Å². The van der Waals surface area contributed by atoms with Crippen LogP contribution in [-0.2, 0) is 0 Å². The number of rotatable bonds is 1. The lowest BCUT2D eigenvalue weighted by molar-refractivity contribution is 0.0880. The third kappa shape index (κ3) is 1.46. The lowest BCUT2D eigenvalue weighted by atomic mass is 10.1. The summed E-state index contributed by atoms with van der Waals surface area (Å²) in [4.78, 5) is 35.8. The van der Waals surface area contributed by atoms with E-state index in [1.807, 2.05) is 0 Å². The molecule has 0 aliphatic carbocycles. The molecule has 108 valence electrons. The van der Waals surface area contributed by atoms with Crippen molar-refractivity contribution in [3.05, 3.63) is 51.9 Å². The Labute approximate surface area is 122 Å². The zero-order chi connectivity index (χ0) is 15.4. The lowest BCUT2D eigenvalue weighted by Gasteiger charge is -2.11. The number of aromatic nitrogens is 2. The van der Waals surface area contributed by atoms with Gasteiger partial charge in [-0.05, 0) is 12.1 Å². The third-order valence-electron chi connectivity index (χ3n) is 3.55. The number of imide groups is 1. The standard InChI is InChI=1S/C14H8N4O4/c15-12-10-7(13(20)17-14(10)21)4-9(19)18(12)8-3-1-2-6-5-16-22-11(6)8/h1-5H,15H2,(H,17,20,21). The highest BCUT2D eigenvalue weighted by Crippen LogP contribution is 2.26. The van der Waals surface area contributed by atoms with Crippen LogP contribution >= 0.6 is 0 Å². The van der Waals surface area contributed by atoms with Crippen LogP contribution in [0.3, 0.4) is 0 Å². The topological polar surface area (TPSA) is 120 Å². The quantitative estimate of drug-likeness (QED) is 0.629. The Hall–Kier alpha value is -3.42. The molecule has 8 heteroatoms. The number of nitrogen functional groups attached to an aromatic ring is 1. The van der Waals surface area contributed by atoms with Crippen LogP contribution in [0.1, 0.15) is 20.7 Å². The van der Waals surface area contributed by atoms with Crippen molar-refractivity contribution >= 4 is 28.6 Å². The van der Waals surface area contributed by atoms with Crippen molar-refractivity contribution in [2.45, 2.75) is 0 Å². The van der Waals surface area contributed by atoms with E-state index in [-0.39, 0.29) is 16.9 Å². The van der Waals surface area contributed by atoms with Gasteiger partial charge in [0.15, 0.2) is 5.58 Å². The van der Waals surface area contributed by atoms with E-state index in [9.17, 15) is 14.4 Å². The number of amides is 2. The Balaban J connectivity index is 2.12. The Kier molecular flexibility index (Phi) is 2.27. The van der Waals surface area contributed by atoms with Crippen LogP contribution in [0.15, 0.2) is 39.8 Å². The Morgan fingerprint density at radius 3 is 2.82 bits per heavy atom. The molecule has 3 N–H and O–H groups in total. The molecule has 0 saturated heterocycles. The van der Waals surface area contributed by atoms with E-state index >= 15 is 0 Å². The fourth-order valence-electron chi connectivity index (χ4n) is 2.58. The smallest absolute Gasteiger partial charge is 0.262 e. The largest absolute Gasteiger partial charge is 0.384 e. The van der Waals surface area contributed by atoms with E-state index in [0.717, 1.165) is 10.6 Å². The second-order valence-corrected chi connectivity index (χ2v) is 4.80. The van der Waals surface area contributed by atoms with Crippen LogP contribution < -0.4 is 16.6 Å². The fourth-order valence-corrected chi connectivity index (χ4v) is 2.58. The van der Waals surface area contributed by atoms with Crippen molar-refractivity contribution in [1.29, 1.82) is 0 Å². The molecular weight excluding hydrogens is 288 g/mol. The number of hydrogen-bond acceptors (Lipinski definition) is 6. The molecule has 8 nitrogen and oxygen atoms in total. The number of benzene rings is 1. The molecule has 1 aliphatic heterocycles. The number of para-hydroxylation sites is 1. The Morgan fingerprint density at radius 2 is 2.00 bits per heavy atom. The van der Waals surface area contributed by atoms with E-state index in [2.05, 4.69) is 10.5 Å². The van der Waals surface area contributed by atoms with Gasteiger partial charge in [-0.25, -0.2) is 0 Å². The fraction of sp³-hybridized carbons (Fsp3) is 0. The third-order valence-corrected chi connectivity index (χ3v) is 3.55. The number of nitrogens with zero attached hydrogens (tertiary/aromatic N) is 2. The molecule has 0 fully saturated rings. The summed E-state index contributed by atoms with van der Waals surface area (Å²) in [6.07, 6.45) is 1.50. The van der Waals surface area contributed by atoms with Crippen LogP contribution in [0.25, 0.3) is 16.7 Å². The zero-order valence-corrected chi connectivity index (χ0v) is 11.0. The minimum atomic E-state index is -0.631. The number of carbonyl (C=O) groups is 2. The van der Waals surface area contributed by atoms with E-state index < -0.39 is 17.4 Å². The first kappa shape index (κ1) is 12.3. The normalized spacial score (nSPS) is 13.5. The van der Waals surface area contributed by atoms with Gasteiger partial charge < -0.3 is 10.3 Å². The predicted molar refractivity (Wildman–Crippen MR) is 75.8 cm³/mol. The Morgan fingerprint density at radius 1 is 1.18 bits per heavy atom.